The molecule has 3 atom stereocenters. The number of methoxy groups -OCH3 is 1. The minimum atomic E-state index is -4.11. The molecule has 0 aromatic heterocycles. The third kappa shape index (κ3) is 6.62. The van der Waals surface area contributed by atoms with Gasteiger partial charge in [0.15, 0.2) is 0 Å². The van der Waals surface area contributed by atoms with E-state index in [1.54, 1.807) is 54.6 Å². The number of carbonyl (C=O) groups is 2. The summed E-state index contributed by atoms with van der Waals surface area (Å²) >= 11 is 0. The Hall–Kier alpha value is -2.83. The molecule has 2 aromatic carbocycles. The molecular formula is C20H24NO7P. The predicted molar refractivity (Wildman–Crippen MR) is 108 cm³/mol. The first-order valence-electron chi connectivity index (χ1n) is 8.94. The number of aliphatic carboxylic acids is 2. The molecule has 2 aromatic rings. The monoisotopic (exact) mass is 421 g/mol. The fourth-order valence-electron chi connectivity index (χ4n) is 2.93. The molecule has 0 heterocycles. The van der Waals surface area contributed by atoms with Crippen molar-refractivity contribution in [3.63, 3.8) is 0 Å². The van der Waals surface area contributed by atoms with Crippen LogP contribution in [0.1, 0.15) is 24.2 Å². The van der Waals surface area contributed by atoms with Crippen LogP contribution in [-0.4, -0.2) is 40.3 Å². The molecule has 2 rings (SSSR count). The van der Waals surface area contributed by atoms with E-state index in [1.165, 1.54) is 7.11 Å². The molecule has 0 aliphatic carbocycles. The van der Waals surface area contributed by atoms with Crippen LogP contribution in [-0.2, 0) is 14.2 Å². The van der Waals surface area contributed by atoms with E-state index in [4.69, 9.17) is 9.84 Å². The maximum atomic E-state index is 13.3. The number of benzene rings is 2. The van der Waals surface area contributed by atoms with Gasteiger partial charge in [-0.15, -0.1) is 0 Å². The van der Waals surface area contributed by atoms with Gasteiger partial charge in [-0.05, 0) is 24.1 Å². The molecule has 0 spiro atoms. The average Bonchev–Trinajstić information content (AvgIpc) is 2.69. The topological polar surface area (TPSA) is 133 Å². The lowest BCUT2D eigenvalue weighted by Gasteiger charge is -2.27. The lowest BCUT2D eigenvalue weighted by molar-refractivity contribution is -0.142. The van der Waals surface area contributed by atoms with Crippen molar-refractivity contribution in [1.82, 2.24) is 0 Å². The van der Waals surface area contributed by atoms with Gasteiger partial charge in [-0.1, -0.05) is 36.4 Å². The minimum Gasteiger partial charge on any atom is -0.497 e. The first-order chi connectivity index (χ1) is 13.7. The van der Waals surface area contributed by atoms with Crippen LogP contribution in [0, 0.1) is 5.92 Å². The summed E-state index contributed by atoms with van der Waals surface area (Å²) in [7, 11) is -2.60. The fourth-order valence-corrected chi connectivity index (χ4v) is 5.10. The molecule has 0 amide bonds. The number of nitrogens with one attached hydrogen (secondary N) is 1. The second-order valence-corrected chi connectivity index (χ2v) is 8.99. The molecule has 0 saturated carbocycles. The predicted octanol–water partition coefficient (Wildman–Crippen LogP) is 3.64. The molecule has 0 fully saturated rings. The molecular weight excluding hydrogens is 397 g/mol. The Morgan fingerprint density at radius 3 is 2.38 bits per heavy atom. The summed E-state index contributed by atoms with van der Waals surface area (Å²) in [5.74, 6) is -4.21. The molecule has 156 valence electrons. The van der Waals surface area contributed by atoms with E-state index in [-0.39, 0.29) is 6.42 Å². The van der Waals surface area contributed by atoms with Crippen LogP contribution in [0.25, 0.3) is 0 Å². The molecule has 0 aliphatic heterocycles. The average molecular weight is 421 g/mol. The lowest BCUT2D eigenvalue weighted by atomic mass is 10.1. The Kier molecular flexibility index (Phi) is 7.82. The molecule has 29 heavy (non-hydrogen) atoms. The highest BCUT2D eigenvalue weighted by Gasteiger charge is 2.37. The van der Waals surface area contributed by atoms with Crippen molar-refractivity contribution in [2.45, 2.75) is 18.6 Å². The van der Waals surface area contributed by atoms with Gasteiger partial charge in [0.25, 0.3) is 0 Å². The standard InChI is InChI=1S/C20H24NO7P/c1-28-17-9-5-8-16(12-17)21-19(14-6-3-2-4-7-14)29(26,27)13-15(20(24)25)10-11-18(22)23/h2-9,12,15,19,21H,10-11,13H2,1H3,(H,22,23)(H,24,25)(H,26,27). The summed E-state index contributed by atoms with van der Waals surface area (Å²) in [4.78, 5) is 33.2. The van der Waals surface area contributed by atoms with Crippen LogP contribution in [0.5, 0.6) is 5.75 Å². The van der Waals surface area contributed by atoms with Gasteiger partial charge < -0.3 is 25.2 Å². The van der Waals surface area contributed by atoms with Gasteiger partial charge in [0.05, 0.1) is 13.0 Å². The summed E-state index contributed by atoms with van der Waals surface area (Å²) in [6, 6.07) is 15.4. The molecule has 4 N–H and O–H groups in total. The highest BCUT2D eigenvalue weighted by Crippen LogP contribution is 2.57. The molecule has 0 radical (unpaired) electrons. The van der Waals surface area contributed by atoms with E-state index in [0.717, 1.165) is 0 Å². The Morgan fingerprint density at radius 1 is 1.10 bits per heavy atom. The van der Waals surface area contributed by atoms with Crippen molar-refractivity contribution >= 4 is 25.0 Å². The Bertz CT molecular complexity index is 887. The molecule has 3 unspecified atom stereocenters. The van der Waals surface area contributed by atoms with Gasteiger partial charge in [-0.25, -0.2) is 0 Å². The summed E-state index contributed by atoms with van der Waals surface area (Å²) in [5.41, 5.74) is 1.05. The fraction of sp³-hybridized carbons (Fsp3) is 0.300. The Morgan fingerprint density at radius 2 is 1.79 bits per heavy atom. The van der Waals surface area contributed by atoms with Crippen molar-refractivity contribution in [3.8, 4) is 5.75 Å². The number of carboxylic acids is 2. The first-order valence-corrected chi connectivity index (χ1v) is 10.9. The van der Waals surface area contributed by atoms with E-state index in [2.05, 4.69) is 5.32 Å². The first kappa shape index (κ1) is 22.5. The largest absolute Gasteiger partial charge is 0.497 e. The summed E-state index contributed by atoms with van der Waals surface area (Å²) in [6.07, 6.45) is -1.17. The van der Waals surface area contributed by atoms with Gasteiger partial charge in [0.1, 0.15) is 11.5 Å². The number of rotatable bonds is 11. The SMILES string of the molecule is COc1cccc(NC(c2ccccc2)P(=O)(O)CC(CCC(=O)O)C(=O)O)c1. The van der Waals surface area contributed by atoms with Gasteiger partial charge in [-0.3, -0.25) is 14.2 Å². The van der Waals surface area contributed by atoms with Crippen molar-refractivity contribution in [2.75, 3.05) is 18.6 Å². The van der Waals surface area contributed by atoms with Crippen molar-refractivity contribution in [3.05, 3.63) is 60.2 Å². The highest BCUT2D eigenvalue weighted by molar-refractivity contribution is 7.58. The van der Waals surface area contributed by atoms with E-state index in [1.807, 2.05) is 0 Å². The van der Waals surface area contributed by atoms with E-state index >= 15 is 0 Å². The second kappa shape index (κ2) is 10.1. The van der Waals surface area contributed by atoms with Gasteiger partial charge in [-0.2, -0.15) is 0 Å². The maximum Gasteiger partial charge on any atom is 0.307 e. The zero-order chi connectivity index (χ0) is 21.4. The molecule has 9 heteroatoms. The smallest absolute Gasteiger partial charge is 0.307 e. The number of ether oxygens (including phenoxy) is 1. The van der Waals surface area contributed by atoms with Crippen LogP contribution in [0.4, 0.5) is 5.69 Å². The number of hydrogen-bond donors (Lipinski definition) is 4. The van der Waals surface area contributed by atoms with Crippen LogP contribution in [0.15, 0.2) is 54.6 Å². The molecule has 0 saturated heterocycles. The third-order valence-corrected chi connectivity index (χ3v) is 6.63. The van der Waals surface area contributed by atoms with Crippen molar-refractivity contribution in [2.24, 2.45) is 5.92 Å². The van der Waals surface area contributed by atoms with Gasteiger partial charge >= 0.3 is 11.9 Å². The van der Waals surface area contributed by atoms with Gasteiger partial charge in [0.2, 0.25) is 7.37 Å². The van der Waals surface area contributed by atoms with Gasteiger partial charge in [0, 0.05) is 24.3 Å². The third-order valence-electron chi connectivity index (χ3n) is 4.43. The van der Waals surface area contributed by atoms with Crippen LogP contribution in [0.3, 0.4) is 0 Å². The molecule has 0 bridgehead atoms. The van der Waals surface area contributed by atoms with E-state index in [9.17, 15) is 24.2 Å². The quantitative estimate of drug-likeness (QED) is 0.404. The van der Waals surface area contributed by atoms with Crippen molar-refractivity contribution in [1.29, 1.82) is 0 Å². The summed E-state index contributed by atoms with van der Waals surface area (Å²) < 4.78 is 18.5. The highest BCUT2D eigenvalue weighted by atomic mass is 31.2. The number of anilines is 1. The number of carboxylic acid groups (broad SMARTS) is 2. The van der Waals surface area contributed by atoms with Crippen molar-refractivity contribution < 1.29 is 34.0 Å². The summed E-state index contributed by atoms with van der Waals surface area (Å²) in [5, 5.41) is 21.2. The lowest BCUT2D eigenvalue weighted by Crippen LogP contribution is -2.23. The van der Waals surface area contributed by atoms with Crippen LogP contribution >= 0.6 is 7.37 Å². The zero-order valence-corrected chi connectivity index (χ0v) is 16.8. The second-order valence-electron chi connectivity index (χ2n) is 6.60. The summed E-state index contributed by atoms with van der Waals surface area (Å²) in [6.45, 7) is 0. The minimum absolute atomic E-state index is 0.226. The zero-order valence-electron chi connectivity index (χ0n) is 15.9. The van der Waals surface area contributed by atoms with Crippen LogP contribution in [0.2, 0.25) is 0 Å². The maximum absolute atomic E-state index is 13.3. The Balaban J connectivity index is 2.34. The van der Waals surface area contributed by atoms with E-state index in [0.29, 0.717) is 17.0 Å². The number of hydrogen-bond acceptors (Lipinski definition) is 5. The van der Waals surface area contributed by atoms with Crippen LogP contribution < -0.4 is 10.1 Å². The Labute approximate surface area is 168 Å². The molecule has 0 aliphatic rings. The van der Waals surface area contributed by atoms with E-state index < -0.39 is 43.6 Å². The normalized spacial score (nSPS) is 15.0. The molecule has 8 nitrogen and oxygen atoms in total.